The van der Waals surface area contributed by atoms with Crippen LogP contribution in [-0.4, -0.2) is 6.10 Å². The minimum Gasteiger partial charge on any atom is -0.362 e. The largest absolute Gasteiger partial charge is 0.362 e. The van der Waals surface area contributed by atoms with Crippen molar-refractivity contribution in [2.24, 2.45) is 5.41 Å². The van der Waals surface area contributed by atoms with Crippen molar-refractivity contribution in [2.75, 3.05) is 0 Å². The van der Waals surface area contributed by atoms with Crippen molar-refractivity contribution in [3.8, 4) is 0 Å². The van der Waals surface area contributed by atoms with E-state index in [-0.39, 0.29) is 11.5 Å². The average Bonchev–Trinajstić information content (AvgIpc) is 1.62. The molecule has 8 heavy (non-hydrogen) atoms. The van der Waals surface area contributed by atoms with E-state index in [4.69, 9.17) is 7.11 Å². The summed E-state index contributed by atoms with van der Waals surface area (Å²) < 4.78 is 4.36. The highest BCUT2D eigenvalue weighted by Gasteiger charge is 2.18. The van der Waals surface area contributed by atoms with Crippen LogP contribution in [0, 0.1) is 12.5 Å². The molecule has 0 aliphatic carbocycles. The lowest BCUT2D eigenvalue weighted by Gasteiger charge is -2.24. The summed E-state index contributed by atoms with van der Waals surface area (Å²) in [6.07, 6.45) is 0.0162. The van der Waals surface area contributed by atoms with E-state index in [1.807, 2.05) is 27.7 Å². The van der Waals surface area contributed by atoms with Crippen LogP contribution in [0.15, 0.2) is 0 Å². The summed E-state index contributed by atoms with van der Waals surface area (Å²) in [5, 5.41) is 0. The van der Waals surface area contributed by atoms with E-state index in [2.05, 4.69) is 4.74 Å². The van der Waals surface area contributed by atoms with Gasteiger partial charge < -0.3 is 4.74 Å². The third kappa shape index (κ3) is 2.31. The average molecular weight is 113 g/mol. The van der Waals surface area contributed by atoms with Gasteiger partial charge in [-0.25, -0.2) is 0 Å². The fourth-order valence-corrected chi connectivity index (χ4v) is 0.177. The van der Waals surface area contributed by atoms with Gasteiger partial charge in [0.2, 0.25) is 0 Å². The first-order chi connectivity index (χ1) is 3.48. The SMILES string of the molecule is [C]OC(C)C(C)(C)C. The summed E-state index contributed by atoms with van der Waals surface area (Å²) in [7, 11) is 6.56. The quantitative estimate of drug-likeness (QED) is 0.505. The molecule has 0 heterocycles. The van der Waals surface area contributed by atoms with Gasteiger partial charge in [0.1, 0.15) is 0 Å². The van der Waals surface area contributed by atoms with Crippen LogP contribution in [0.4, 0.5) is 0 Å². The van der Waals surface area contributed by atoms with Crippen LogP contribution in [0.5, 0.6) is 0 Å². The molecule has 0 bridgehead atoms. The van der Waals surface area contributed by atoms with Crippen molar-refractivity contribution in [3.05, 3.63) is 7.11 Å². The molecule has 0 aromatic rings. The van der Waals surface area contributed by atoms with Gasteiger partial charge in [-0.2, -0.15) is 0 Å². The molecule has 0 saturated carbocycles. The van der Waals surface area contributed by atoms with Crippen molar-refractivity contribution >= 4 is 0 Å². The van der Waals surface area contributed by atoms with Gasteiger partial charge >= 0.3 is 0 Å². The van der Waals surface area contributed by atoms with Gasteiger partial charge in [0.25, 0.3) is 0 Å². The van der Waals surface area contributed by atoms with Crippen molar-refractivity contribution in [1.29, 1.82) is 0 Å². The standard InChI is InChI=1S/C7H13O/c1-6(8-5)7(2,3)4/h6H,1-4H3. The third-order valence-corrected chi connectivity index (χ3v) is 1.40. The topological polar surface area (TPSA) is 9.23 Å². The first-order valence-corrected chi connectivity index (χ1v) is 2.81. The van der Waals surface area contributed by atoms with Crippen LogP contribution in [0.1, 0.15) is 27.7 Å². The van der Waals surface area contributed by atoms with Crippen LogP contribution in [-0.2, 0) is 4.74 Å². The molecule has 0 fully saturated rings. The Morgan fingerprint density at radius 1 is 1.38 bits per heavy atom. The predicted octanol–water partition coefficient (Wildman–Crippen LogP) is 1.98. The Morgan fingerprint density at radius 2 is 1.75 bits per heavy atom. The number of rotatable bonds is 1. The second-order valence-electron chi connectivity index (χ2n) is 3.13. The normalized spacial score (nSPS) is 16.1. The predicted molar refractivity (Wildman–Crippen MR) is 33.2 cm³/mol. The zero-order valence-corrected chi connectivity index (χ0v) is 5.99. The Kier molecular flexibility index (Phi) is 2.48. The van der Waals surface area contributed by atoms with Gasteiger partial charge in [-0.3, -0.25) is 0 Å². The molecule has 1 heteroatoms. The van der Waals surface area contributed by atoms with Crippen molar-refractivity contribution in [1.82, 2.24) is 0 Å². The summed E-state index contributed by atoms with van der Waals surface area (Å²) in [5.74, 6) is 0. The summed E-state index contributed by atoms with van der Waals surface area (Å²) in [6, 6.07) is 0. The molecule has 0 aliphatic heterocycles. The monoisotopic (exact) mass is 113 g/mol. The van der Waals surface area contributed by atoms with Crippen LogP contribution in [0.2, 0.25) is 0 Å². The van der Waals surface area contributed by atoms with E-state index in [1.165, 1.54) is 0 Å². The van der Waals surface area contributed by atoms with Crippen LogP contribution >= 0.6 is 0 Å². The van der Waals surface area contributed by atoms with E-state index < -0.39 is 0 Å². The van der Waals surface area contributed by atoms with Crippen LogP contribution < -0.4 is 0 Å². The van der Waals surface area contributed by atoms with Crippen molar-refractivity contribution in [2.45, 2.75) is 33.8 Å². The minimum absolute atomic E-state index is 0.0162. The highest BCUT2D eigenvalue weighted by Crippen LogP contribution is 2.20. The van der Waals surface area contributed by atoms with Gasteiger partial charge in [0, 0.05) is 0 Å². The Hall–Kier alpha value is -0.0400. The first kappa shape index (κ1) is 7.96. The fraction of sp³-hybridized carbons (Fsp3) is 0.857. The van der Waals surface area contributed by atoms with Crippen LogP contribution in [0.25, 0.3) is 0 Å². The molecule has 0 saturated heterocycles. The summed E-state index contributed by atoms with van der Waals surface area (Å²) in [5.41, 5.74) is 0.0990. The van der Waals surface area contributed by atoms with Gasteiger partial charge in [-0.15, -0.1) is 0 Å². The van der Waals surface area contributed by atoms with Crippen molar-refractivity contribution in [3.63, 3.8) is 0 Å². The molecule has 0 rings (SSSR count). The molecule has 1 unspecified atom stereocenters. The number of ether oxygens (including phenoxy) is 1. The summed E-state index contributed by atoms with van der Waals surface area (Å²) in [6.45, 7) is 8.04. The molecule has 3 radical (unpaired) electrons. The third-order valence-electron chi connectivity index (χ3n) is 1.40. The van der Waals surface area contributed by atoms with Gasteiger partial charge in [-0.1, -0.05) is 20.8 Å². The maximum absolute atomic E-state index is 6.56. The van der Waals surface area contributed by atoms with Gasteiger partial charge in [0.15, 0.2) is 7.11 Å². The van der Waals surface area contributed by atoms with E-state index in [9.17, 15) is 0 Å². The minimum atomic E-state index is 0.0162. The zero-order valence-electron chi connectivity index (χ0n) is 5.99. The molecule has 0 N–H and O–H groups in total. The molecule has 0 aliphatic rings. The van der Waals surface area contributed by atoms with Crippen molar-refractivity contribution < 1.29 is 4.74 Å². The number of hydrogen-bond donors (Lipinski definition) is 0. The van der Waals surface area contributed by atoms with E-state index in [1.54, 1.807) is 0 Å². The first-order valence-electron chi connectivity index (χ1n) is 2.81. The lowest BCUT2D eigenvalue weighted by molar-refractivity contribution is 0.0568. The second-order valence-corrected chi connectivity index (χ2v) is 3.13. The molecular weight excluding hydrogens is 100 g/mol. The Morgan fingerprint density at radius 3 is 1.75 bits per heavy atom. The molecule has 0 aromatic carbocycles. The molecule has 0 amide bonds. The molecule has 0 aromatic heterocycles. The van der Waals surface area contributed by atoms with Crippen LogP contribution in [0.3, 0.4) is 0 Å². The zero-order chi connectivity index (χ0) is 6.78. The summed E-state index contributed by atoms with van der Waals surface area (Å²) >= 11 is 0. The maximum atomic E-state index is 6.56. The van der Waals surface area contributed by atoms with Gasteiger partial charge in [0.05, 0.1) is 6.10 Å². The molecule has 1 atom stereocenters. The lowest BCUT2D eigenvalue weighted by atomic mass is 9.90. The Labute approximate surface area is 52.0 Å². The smallest absolute Gasteiger partial charge is 0.173 e. The Bertz CT molecular complexity index is 61.3. The Balaban J connectivity index is 3.62. The number of hydrogen-bond acceptors (Lipinski definition) is 1. The van der Waals surface area contributed by atoms with E-state index in [0.29, 0.717) is 0 Å². The highest BCUT2D eigenvalue weighted by atomic mass is 16.5. The maximum Gasteiger partial charge on any atom is 0.173 e. The molecule has 1 nitrogen and oxygen atoms in total. The highest BCUT2D eigenvalue weighted by molar-refractivity contribution is 4.68. The lowest BCUT2D eigenvalue weighted by Crippen LogP contribution is -2.23. The molecule has 47 valence electrons. The van der Waals surface area contributed by atoms with E-state index in [0.717, 1.165) is 0 Å². The van der Waals surface area contributed by atoms with Gasteiger partial charge in [-0.05, 0) is 12.3 Å². The van der Waals surface area contributed by atoms with E-state index >= 15 is 0 Å². The second kappa shape index (κ2) is 2.49. The molecule has 0 spiro atoms. The fourth-order valence-electron chi connectivity index (χ4n) is 0.177. The molecular formula is C7H13O. The summed E-state index contributed by atoms with van der Waals surface area (Å²) in [4.78, 5) is 0.